The van der Waals surface area contributed by atoms with Crippen molar-refractivity contribution in [3.63, 3.8) is 0 Å². The molecule has 1 aromatic heterocycles. The van der Waals surface area contributed by atoms with Crippen molar-refractivity contribution in [3.05, 3.63) is 33.8 Å². The van der Waals surface area contributed by atoms with Crippen LogP contribution in [0.4, 0.5) is 0 Å². The van der Waals surface area contributed by atoms with Gasteiger partial charge in [-0.25, -0.2) is 0 Å². The van der Waals surface area contributed by atoms with Crippen LogP contribution in [0.1, 0.15) is 36.2 Å². The number of fused-ring (bicyclic) bond motifs is 1. The zero-order valence-corrected chi connectivity index (χ0v) is 17.4. The minimum Gasteiger partial charge on any atom is -0.444 e. The predicted octanol–water partition coefficient (Wildman–Crippen LogP) is 2.61. The summed E-state index contributed by atoms with van der Waals surface area (Å²) < 4.78 is 5.92. The average Bonchev–Trinajstić information content (AvgIpc) is 3.16. The average molecular weight is 447 g/mol. The standard InChI is InChI=1S/C20H23BrN4O3/c1-23-15-5-3-2-4-13(15)18(14(12-22)19(23)26)24-8-10-25(11-9-24)20(27)16-6-7-17(21)28-16/h6-7,13,15H,2-5,8-11H2,1H3. The van der Waals surface area contributed by atoms with Crippen LogP contribution in [0.2, 0.25) is 0 Å². The van der Waals surface area contributed by atoms with Gasteiger partial charge in [-0.3, -0.25) is 9.59 Å². The molecule has 0 bridgehead atoms. The summed E-state index contributed by atoms with van der Waals surface area (Å²) in [6.45, 7) is 2.32. The van der Waals surface area contributed by atoms with Gasteiger partial charge in [-0.05, 0) is 40.9 Å². The molecule has 1 saturated heterocycles. The van der Waals surface area contributed by atoms with Gasteiger partial charge in [0.05, 0.1) is 0 Å². The Hall–Kier alpha value is -2.27. The fourth-order valence-electron chi connectivity index (χ4n) is 4.75. The second kappa shape index (κ2) is 7.63. The number of carbonyl (C=O) groups excluding carboxylic acids is 2. The predicted molar refractivity (Wildman–Crippen MR) is 105 cm³/mol. The molecule has 8 heteroatoms. The summed E-state index contributed by atoms with van der Waals surface area (Å²) >= 11 is 3.23. The first-order valence-corrected chi connectivity index (χ1v) is 10.5. The van der Waals surface area contributed by atoms with Crippen LogP contribution >= 0.6 is 15.9 Å². The van der Waals surface area contributed by atoms with Gasteiger partial charge in [0, 0.05) is 50.9 Å². The van der Waals surface area contributed by atoms with Crippen molar-refractivity contribution < 1.29 is 14.0 Å². The van der Waals surface area contributed by atoms with Crippen LogP contribution in [-0.2, 0) is 4.79 Å². The van der Waals surface area contributed by atoms with Crippen molar-refractivity contribution in [2.75, 3.05) is 33.2 Å². The first kappa shape index (κ1) is 19.1. The summed E-state index contributed by atoms with van der Waals surface area (Å²) in [5, 5.41) is 9.70. The molecule has 3 heterocycles. The summed E-state index contributed by atoms with van der Waals surface area (Å²) in [5.74, 6) is 0.239. The second-order valence-corrected chi connectivity index (χ2v) is 8.41. The Morgan fingerprint density at radius 1 is 1.21 bits per heavy atom. The topological polar surface area (TPSA) is 80.8 Å². The van der Waals surface area contributed by atoms with E-state index in [1.165, 1.54) is 0 Å². The Bertz CT molecular complexity index is 863. The highest BCUT2D eigenvalue weighted by Gasteiger charge is 2.43. The van der Waals surface area contributed by atoms with E-state index in [2.05, 4.69) is 26.9 Å². The molecule has 7 nitrogen and oxygen atoms in total. The number of halogens is 1. The minimum atomic E-state index is -0.167. The maximum atomic E-state index is 12.8. The van der Waals surface area contributed by atoms with Gasteiger partial charge in [0.2, 0.25) is 0 Å². The molecule has 0 radical (unpaired) electrons. The van der Waals surface area contributed by atoms with E-state index in [1.54, 1.807) is 21.9 Å². The number of furan rings is 1. The molecule has 3 aliphatic rings. The van der Waals surface area contributed by atoms with Gasteiger partial charge < -0.3 is 19.1 Å². The van der Waals surface area contributed by atoms with E-state index in [0.29, 0.717) is 36.6 Å². The molecule has 4 rings (SSSR count). The molecule has 1 saturated carbocycles. The monoisotopic (exact) mass is 446 g/mol. The van der Waals surface area contributed by atoms with E-state index in [-0.39, 0.29) is 29.3 Å². The maximum absolute atomic E-state index is 12.8. The van der Waals surface area contributed by atoms with Crippen molar-refractivity contribution in [1.82, 2.24) is 14.7 Å². The lowest BCUT2D eigenvalue weighted by molar-refractivity contribution is -0.130. The smallest absolute Gasteiger partial charge is 0.289 e. The van der Waals surface area contributed by atoms with Crippen molar-refractivity contribution in [2.24, 2.45) is 5.92 Å². The lowest BCUT2D eigenvalue weighted by Crippen LogP contribution is -2.55. The lowest BCUT2D eigenvalue weighted by atomic mass is 9.77. The number of nitriles is 1. The number of nitrogens with zero attached hydrogens (tertiary/aromatic N) is 4. The maximum Gasteiger partial charge on any atom is 0.289 e. The van der Waals surface area contributed by atoms with Crippen LogP contribution in [0.15, 0.2) is 32.5 Å². The molecule has 1 aliphatic carbocycles. The van der Waals surface area contributed by atoms with Crippen LogP contribution in [0.5, 0.6) is 0 Å². The van der Waals surface area contributed by atoms with E-state index in [4.69, 9.17) is 4.42 Å². The number of carbonyl (C=O) groups is 2. The quantitative estimate of drug-likeness (QED) is 0.697. The molecule has 1 aromatic rings. The summed E-state index contributed by atoms with van der Waals surface area (Å²) in [4.78, 5) is 31.1. The summed E-state index contributed by atoms with van der Waals surface area (Å²) in [7, 11) is 1.82. The molecule has 0 N–H and O–H groups in total. The van der Waals surface area contributed by atoms with Crippen molar-refractivity contribution in [1.29, 1.82) is 5.26 Å². The zero-order chi connectivity index (χ0) is 19.8. The zero-order valence-electron chi connectivity index (χ0n) is 15.9. The van der Waals surface area contributed by atoms with Crippen LogP contribution in [-0.4, -0.2) is 65.8 Å². The van der Waals surface area contributed by atoms with Gasteiger partial charge in [0.25, 0.3) is 11.8 Å². The van der Waals surface area contributed by atoms with Gasteiger partial charge in [-0.1, -0.05) is 12.8 Å². The summed E-state index contributed by atoms with van der Waals surface area (Å²) in [6, 6.07) is 5.72. The van der Waals surface area contributed by atoms with E-state index >= 15 is 0 Å². The van der Waals surface area contributed by atoms with Crippen molar-refractivity contribution in [3.8, 4) is 6.07 Å². The summed E-state index contributed by atoms with van der Waals surface area (Å²) in [6.07, 6.45) is 4.23. The molecule has 0 spiro atoms. The molecule has 28 heavy (non-hydrogen) atoms. The molecule has 0 aromatic carbocycles. The van der Waals surface area contributed by atoms with E-state index < -0.39 is 0 Å². The van der Waals surface area contributed by atoms with Crippen LogP contribution in [0, 0.1) is 17.2 Å². The van der Waals surface area contributed by atoms with Crippen molar-refractivity contribution >= 4 is 27.7 Å². The SMILES string of the molecule is CN1C(=O)C(C#N)=C(N2CCN(C(=O)c3ccc(Br)o3)CC2)C2CCCCC21. The first-order chi connectivity index (χ1) is 13.5. The Labute approximate surface area is 172 Å². The number of hydrogen-bond acceptors (Lipinski definition) is 5. The van der Waals surface area contributed by atoms with E-state index in [0.717, 1.165) is 31.4 Å². The van der Waals surface area contributed by atoms with Gasteiger partial charge in [-0.2, -0.15) is 5.26 Å². The van der Waals surface area contributed by atoms with Gasteiger partial charge >= 0.3 is 0 Å². The highest BCUT2D eigenvalue weighted by atomic mass is 79.9. The normalized spacial score (nSPS) is 25.6. The van der Waals surface area contributed by atoms with Crippen LogP contribution < -0.4 is 0 Å². The van der Waals surface area contributed by atoms with Crippen LogP contribution in [0.25, 0.3) is 0 Å². The van der Waals surface area contributed by atoms with Gasteiger partial charge in [-0.15, -0.1) is 0 Å². The highest BCUT2D eigenvalue weighted by Crippen LogP contribution is 2.40. The summed E-state index contributed by atoms with van der Waals surface area (Å²) in [5.41, 5.74) is 1.18. The largest absolute Gasteiger partial charge is 0.444 e. The molecule has 2 aliphatic heterocycles. The lowest BCUT2D eigenvalue weighted by Gasteiger charge is -2.48. The van der Waals surface area contributed by atoms with Crippen LogP contribution in [0.3, 0.4) is 0 Å². The third-order valence-electron chi connectivity index (χ3n) is 6.17. The number of likely N-dealkylation sites (N-methyl/N-ethyl adjacent to an activating group) is 1. The first-order valence-electron chi connectivity index (χ1n) is 9.72. The molecule has 2 fully saturated rings. The number of amides is 2. The third kappa shape index (κ3) is 3.22. The Morgan fingerprint density at radius 2 is 1.93 bits per heavy atom. The fourth-order valence-corrected chi connectivity index (χ4v) is 5.06. The third-order valence-corrected chi connectivity index (χ3v) is 6.60. The molecule has 2 amide bonds. The van der Waals surface area contributed by atoms with E-state index in [9.17, 15) is 14.9 Å². The highest BCUT2D eigenvalue weighted by molar-refractivity contribution is 9.10. The Kier molecular flexibility index (Phi) is 5.19. The molecule has 2 unspecified atom stereocenters. The molecule has 2 atom stereocenters. The number of hydrogen-bond donors (Lipinski definition) is 0. The van der Waals surface area contributed by atoms with Gasteiger partial charge in [0.15, 0.2) is 10.4 Å². The number of rotatable bonds is 2. The Balaban J connectivity index is 1.54. The molecular weight excluding hydrogens is 424 g/mol. The van der Waals surface area contributed by atoms with E-state index in [1.807, 2.05) is 7.05 Å². The number of piperazine rings is 1. The fraction of sp³-hybridized carbons (Fsp3) is 0.550. The van der Waals surface area contributed by atoms with Crippen molar-refractivity contribution in [2.45, 2.75) is 31.7 Å². The second-order valence-electron chi connectivity index (χ2n) is 7.63. The van der Waals surface area contributed by atoms with Gasteiger partial charge in [0.1, 0.15) is 11.6 Å². The molecular formula is C20H23BrN4O3. The minimum absolute atomic E-state index is 0.130. The molecule has 148 valence electrons. The Morgan fingerprint density at radius 3 is 2.57 bits per heavy atom.